The Balaban J connectivity index is 1.97. The van der Waals surface area contributed by atoms with Gasteiger partial charge in [-0.3, -0.25) is 0 Å². The molecule has 0 amide bonds. The molecule has 0 aromatic heterocycles. The Bertz CT molecular complexity index is 823. The second kappa shape index (κ2) is 5.85. The summed E-state index contributed by atoms with van der Waals surface area (Å²) in [6, 6.07) is 19.1. The van der Waals surface area contributed by atoms with Gasteiger partial charge in [-0.1, -0.05) is 30.3 Å². The fourth-order valence-electron chi connectivity index (χ4n) is 2.27. The number of rotatable bonds is 3. The third-order valence-electron chi connectivity index (χ3n) is 3.51. The molecule has 3 rings (SSSR count). The molecule has 3 aromatic carbocycles. The summed E-state index contributed by atoms with van der Waals surface area (Å²) in [6.45, 7) is 0. The van der Waals surface area contributed by atoms with Crippen molar-refractivity contribution in [3.05, 3.63) is 60.7 Å². The maximum absolute atomic E-state index is 10.0. The van der Waals surface area contributed by atoms with Gasteiger partial charge in [-0.25, -0.2) is 0 Å². The van der Waals surface area contributed by atoms with Gasteiger partial charge in [-0.2, -0.15) is 5.11 Å². The van der Waals surface area contributed by atoms with Crippen LogP contribution in [0.25, 0.3) is 10.8 Å². The summed E-state index contributed by atoms with van der Waals surface area (Å²) in [7, 11) is 3.98. The van der Waals surface area contributed by atoms with E-state index in [-0.39, 0.29) is 5.75 Å². The van der Waals surface area contributed by atoms with E-state index in [4.69, 9.17) is 0 Å². The number of phenolic OH excluding ortho intramolecular Hbond substituents is 1. The Morgan fingerprint density at radius 3 is 2.27 bits per heavy atom. The molecule has 0 atom stereocenters. The molecule has 22 heavy (non-hydrogen) atoms. The molecule has 0 saturated heterocycles. The first-order valence-corrected chi connectivity index (χ1v) is 7.05. The Morgan fingerprint density at radius 2 is 1.55 bits per heavy atom. The number of fused-ring (bicyclic) bond motifs is 1. The average molecular weight is 291 g/mol. The van der Waals surface area contributed by atoms with E-state index >= 15 is 0 Å². The fraction of sp³-hybridized carbons (Fsp3) is 0.111. The van der Waals surface area contributed by atoms with Crippen LogP contribution in [0.2, 0.25) is 0 Å². The third-order valence-corrected chi connectivity index (χ3v) is 3.51. The fourth-order valence-corrected chi connectivity index (χ4v) is 2.27. The number of phenols is 1. The Kier molecular flexibility index (Phi) is 3.74. The summed E-state index contributed by atoms with van der Waals surface area (Å²) < 4.78 is 0. The lowest BCUT2D eigenvalue weighted by Gasteiger charge is -2.11. The first-order valence-electron chi connectivity index (χ1n) is 7.05. The second-order valence-corrected chi connectivity index (χ2v) is 5.27. The summed E-state index contributed by atoms with van der Waals surface area (Å²) in [5.41, 5.74) is 2.35. The molecule has 1 N–H and O–H groups in total. The van der Waals surface area contributed by atoms with E-state index in [1.54, 1.807) is 6.07 Å². The van der Waals surface area contributed by atoms with Gasteiger partial charge >= 0.3 is 0 Å². The largest absolute Gasteiger partial charge is 0.506 e. The van der Waals surface area contributed by atoms with Crippen LogP contribution in [0.1, 0.15) is 0 Å². The molecule has 0 saturated carbocycles. The number of benzene rings is 3. The molecular formula is C18H17N3O. The van der Waals surface area contributed by atoms with Crippen molar-refractivity contribution >= 4 is 27.8 Å². The SMILES string of the molecule is CN(C)c1ccc(N=Nc2c(O)ccc3ccccc23)cc1. The molecule has 4 nitrogen and oxygen atoms in total. The van der Waals surface area contributed by atoms with Crippen molar-refractivity contribution in [3.63, 3.8) is 0 Å². The maximum atomic E-state index is 10.0. The molecule has 0 aliphatic carbocycles. The highest BCUT2D eigenvalue weighted by Gasteiger charge is 2.05. The van der Waals surface area contributed by atoms with Crippen LogP contribution in [0.15, 0.2) is 70.9 Å². The van der Waals surface area contributed by atoms with Crippen LogP contribution >= 0.6 is 0 Å². The molecule has 0 radical (unpaired) electrons. The third kappa shape index (κ3) is 2.76. The van der Waals surface area contributed by atoms with Crippen molar-refractivity contribution in [2.75, 3.05) is 19.0 Å². The predicted octanol–water partition coefficient (Wildman–Crippen LogP) is 5.03. The van der Waals surface area contributed by atoms with Crippen LogP contribution in [0.5, 0.6) is 5.75 Å². The van der Waals surface area contributed by atoms with Crippen LogP contribution in [0, 0.1) is 0 Å². The van der Waals surface area contributed by atoms with Crippen molar-refractivity contribution in [2.45, 2.75) is 0 Å². The van der Waals surface area contributed by atoms with Gasteiger partial charge in [0.15, 0.2) is 0 Å². The smallest absolute Gasteiger partial charge is 0.143 e. The Hall–Kier alpha value is -2.88. The number of nitrogens with zero attached hydrogens (tertiary/aromatic N) is 3. The summed E-state index contributed by atoms with van der Waals surface area (Å²) >= 11 is 0. The lowest BCUT2D eigenvalue weighted by Crippen LogP contribution is -2.07. The highest BCUT2D eigenvalue weighted by Crippen LogP contribution is 2.36. The highest BCUT2D eigenvalue weighted by molar-refractivity contribution is 5.95. The first-order chi connectivity index (χ1) is 10.6. The number of hydrogen-bond acceptors (Lipinski definition) is 4. The first kappa shape index (κ1) is 14.1. The van der Waals surface area contributed by atoms with E-state index in [1.165, 1.54) is 0 Å². The van der Waals surface area contributed by atoms with Gasteiger partial charge in [0.1, 0.15) is 11.4 Å². The quantitative estimate of drug-likeness (QED) is 0.688. The van der Waals surface area contributed by atoms with Crippen LogP contribution in [-0.4, -0.2) is 19.2 Å². The molecule has 0 heterocycles. The minimum atomic E-state index is 0.132. The lowest BCUT2D eigenvalue weighted by molar-refractivity contribution is 0.477. The zero-order chi connectivity index (χ0) is 15.5. The minimum absolute atomic E-state index is 0.132. The molecule has 0 fully saturated rings. The van der Waals surface area contributed by atoms with Gasteiger partial charge in [0.25, 0.3) is 0 Å². The van der Waals surface area contributed by atoms with Crippen molar-refractivity contribution in [1.82, 2.24) is 0 Å². The predicted molar refractivity (Wildman–Crippen MR) is 90.6 cm³/mol. The standard InChI is InChI=1S/C18H17N3O/c1-21(2)15-10-8-14(9-11-15)19-20-18-16-6-4-3-5-13(16)7-12-17(18)22/h3-12,22H,1-2H3. The zero-order valence-corrected chi connectivity index (χ0v) is 12.6. The number of azo groups is 1. The summed E-state index contributed by atoms with van der Waals surface area (Å²) in [5, 5.41) is 20.4. The van der Waals surface area contributed by atoms with Gasteiger partial charge in [-0.05, 0) is 35.7 Å². The summed E-state index contributed by atoms with van der Waals surface area (Å²) in [6.07, 6.45) is 0. The van der Waals surface area contributed by atoms with Crippen LogP contribution in [0.3, 0.4) is 0 Å². The highest BCUT2D eigenvalue weighted by atomic mass is 16.3. The number of hydrogen-bond donors (Lipinski definition) is 1. The van der Waals surface area contributed by atoms with E-state index in [2.05, 4.69) is 10.2 Å². The van der Waals surface area contributed by atoms with Crippen molar-refractivity contribution in [2.24, 2.45) is 10.2 Å². The zero-order valence-electron chi connectivity index (χ0n) is 12.6. The van der Waals surface area contributed by atoms with Crippen molar-refractivity contribution < 1.29 is 5.11 Å². The van der Waals surface area contributed by atoms with Gasteiger partial charge in [0, 0.05) is 25.2 Å². The van der Waals surface area contributed by atoms with Crippen LogP contribution in [0.4, 0.5) is 17.1 Å². The van der Waals surface area contributed by atoms with E-state index < -0.39 is 0 Å². The van der Waals surface area contributed by atoms with E-state index in [9.17, 15) is 5.11 Å². The molecule has 110 valence electrons. The molecule has 0 aliphatic rings. The molecule has 0 spiro atoms. The molecule has 3 aromatic rings. The topological polar surface area (TPSA) is 48.2 Å². The molecule has 0 bridgehead atoms. The molecule has 4 heteroatoms. The Labute approximate surface area is 129 Å². The van der Waals surface area contributed by atoms with Gasteiger partial charge < -0.3 is 10.0 Å². The van der Waals surface area contributed by atoms with E-state index in [0.717, 1.165) is 22.1 Å². The summed E-state index contributed by atoms with van der Waals surface area (Å²) in [5.74, 6) is 0.132. The van der Waals surface area contributed by atoms with Gasteiger partial charge in [0.05, 0.1) is 5.69 Å². The van der Waals surface area contributed by atoms with Gasteiger partial charge in [-0.15, -0.1) is 5.11 Å². The summed E-state index contributed by atoms with van der Waals surface area (Å²) in [4.78, 5) is 2.03. The van der Waals surface area contributed by atoms with Crippen molar-refractivity contribution in [3.8, 4) is 5.75 Å². The average Bonchev–Trinajstić information content (AvgIpc) is 2.54. The lowest BCUT2D eigenvalue weighted by atomic mass is 10.1. The normalized spacial score (nSPS) is 11.2. The molecular weight excluding hydrogens is 274 g/mol. The number of anilines is 1. The van der Waals surface area contributed by atoms with Gasteiger partial charge in [0.2, 0.25) is 0 Å². The second-order valence-electron chi connectivity index (χ2n) is 5.27. The van der Waals surface area contributed by atoms with E-state index in [0.29, 0.717) is 5.69 Å². The van der Waals surface area contributed by atoms with Crippen molar-refractivity contribution in [1.29, 1.82) is 0 Å². The molecule has 0 unspecified atom stereocenters. The maximum Gasteiger partial charge on any atom is 0.143 e. The Morgan fingerprint density at radius 1 is 0.818 bits per heavy atom. The van der Waals surface area contributed by atoms with Crippen LogP contribution in [-0.2, 0) is 0 Å². The number of aromatic hydroxyl groups is 1. The monoisotopic (exact) mass is 291 g/mol. The van der Waals surface area contributed by atoms with Crippen LogP contribution < -0.4 is 4.90 Å². The van der Waals surface area contributed by atoms with E-state index in [1.807, 2.05) is 73.6 Å². The minimum Gasteiger partial charge on any atom is -0.506 e. The molecule has 0 aliphatic heterocycles.